The molecule has 0 heterocycles. The van der Waals surface area contributed by atoms with Crippen LogP contribution in [0.5, 0.6) is 11.5 Å². The smallest absolute Gasteiger partial charge is 0.144 e. The highest BCUT2D eigenvalue weighted by atomic mass is 79.9. The molecule has 2 aromatic carbocycles. The lowest BCUT2D eigenvalue weighted by Gasteiger charge is -2.09. The first kappa shape index (κ1) is 13.3. The van der Waals surface area contributed by atoms with Gasteiger partial charge in [0.05, 0.1) is 4.47 Å². The first-order valence-electron chi connectivity index (χ1n) is 5.07. The molecule has 0 N–H and O–H groups in total. The lowest BCUT2D eigenvalue weighted by atomic mass is 10.2. The van der Waals surface area contributed by atoms with Crippen molar-refractivity contribution in [1.29, 1.82) is 0 Å². The summed E-state index contributed by atoms with van der Waals surface area (Å²) in [6.45, 7) is 0. The molecule has 0 aliphatic heterocycles. The fourth-order valence-electron chi connectivity index (χ4n) is 1.44. The van der Waals surface area contributed by atoms with Crippen molar-refractivity contribution in [1.82, 2.24) is 0 Å². The highest BCUT2D eigenvalue weighted by Crippen LogP contribution is 2.31. The number of alkyl halides is 1. The Bertz CT molecular complexity index is 575. The zero-order chi connectivity index (χ0) is 13.1. The van der Waals surface area contributed by atoms with Gasteiger partial charge in [-0.2, -0.15) is 0 Å². The first-order chi connectivity index (χ1) is 8.58. The summed E-state index contributed by atoms with van der Waals surface area (Å²) in [6.07, 6.45) is 0. The summed E-state index contributed by atoms with van der Waals surface area (Å²) < 4.78 is 32.4. The van der Waals surface area contributed by atoms with E-state index in [0.717, 1.165) is 0 Å². The predicted molar refractivity (Wildman–Crippen MR) is 70.1 cm³/mol. The van der Waals surface area contributed by atoms with Crippen molar-refractivity contribution >= 4 is 27.5 Å². The van der Waals surface area contributed by atoms with E-state index < -0.39 is 11.6 Å². The van der Waals surface area contributed by atoms with Crippen LogP contribution in [0.15, 0.2) is 40.9 Å². The van der Waals surface area contributed by atoms with Crippen molar-refractivity contribution < 1.29 is 13.5 Å². The average molecular weight is 334 g/mol. The van der Waals surface area contributed by atoms with Gasteiger partial charge in [-0.3, -0.25) is 0 Å². The van der Waals surface area contributed by atoms with E-state index in [1.807, 2.05) is 0 Å². The maximum absolute atomic E-state index is 13.3. The Morgan fingerprint density at radius 2 is 1.83 bits per heavy atom. The fraction of sp³-hybridized carbons (Fsp3) is 0.0769. The van der Waals surface area contributed by atoms with Crippen molar-refractivity contribution in [2.45, 2.75) is 5.88 Å². The molecule has 0 fully saturated rings. The summed E-state index contributed by atoms with van der Waals surface area (Å²) in [5.74, 6) is -0.144. The molecular weight excluding hydrogens is 325 g/mol. The van der Waals surface area contributed by atoms with Crippen LogP contribution in [0.2, 0.25) is 0 Å². The van der Waals surface area contributed by atoms with Crippen LogP contribution in [0, 0.1) is 11.6 Å². The third kappa shape index (κ3) is 3.21. The standard InChI is InChI=1S/C13H8BrClF2O/c14-12-2-1-9(16)6-13(12)18-11-4-8(7-15)3-10(17)5-11/h1-6H,7H2. The molecule has 0 aliphatic rings. The van der Waals surface area contributed by atoms with Crippen molar-refractivity contribution in [3.8, 4) is 11.5 Å². The molecular formula is C13H8BrClF2O. The number of ether oxygens (including phenoxy) is 1. The lowest BCUT2D eigenvalue weighted by molar-refractivity contribution is 0.468. The third-order valence-electron chi connectivity index (χ3n) is 2.21. The van der Waals surface area contributed by atoms with E-state index in [2.05, 4.69) is 15.9 Å². The molecule has 0 bridgehead atoms. The maximum atomic E-state index is 13.3. The van der Waals surface area contributed by atoms with E-state index in [1.165, 1.54) is 30.3 Å². The summed E-state index contributed by atoms with van der Waals surface area (Å²) in [4.78, 5) is 0. The molecule has 0 spiro atoms. The van der Waals surface area contributed by atoms with Crippen LogP contribution in [0.25, 0.3) is 0 Å². The maximum Gasteiger partial charge on any atom is 0.144 e. The van der Waals surface area contributed by atoms with E-state index in [9.17, 15) is 8.78 Å². The zero-order valence-electron chi connectivity index (χ0n) is 9.09. The number of benzene rings is 2. The molecule has 0 saturated heterocycles. The van der Waals surface area contributed by atoms with Crippen LogP contribution in [-0.4, -0.2) is 0 Å². The highest BCUT2D eigenvalue weighted by molar-refractivity contribution is 9.10. The van der Waals surface area contributed by atoms with Gasteiger partial charge in [-0.05, 0) is 45.8 Å². The van der Waals surface area contributed by atoms with Gasteiger partial charge in [0.1, 0.15) is 23.1 Å². The lowest BCUT2D eigenvalue weighted by Crippen LogP contribution is -1.90. The Balaban J connectivity index is 2.33. The molecule has 0 aromatic heterocycles. The zero-order valence-corrected chi connectivity index (χ0v) is 11.4. The topological polar surface area (TPSA) is 9.23 Å². The third-order valence-corrected chi connectivity index (χ3v) is 3.17. The molecule has 1 nitrogen and oxygen atoms in total. The Hall–Kier alpha value is -1.13. The van der Waals surface area contributed by atoms with E-state index in [0.29, 0.717) is 10.0 Å². The van der Waals surface area contributed by atoms with Gasteiger partial charge in [0, 0.05) is 18.0 Å². The number of halogens is 4. The molecule has 2 rings (SSSR count). The van der Waals surface area contributed by atoms with E-state index in [4.69, 9.17) is 16.3 Å². The minimum atomic E-state index is -0.448. The Labute approximate surface area is 116 Å². The summed E-state index contributed by atoms with van der Waals surface area (Å²) in [5.41, 5.74) is 0.596. The minimum Gasteiger partial charge on any atom is -0.456 e. The summed E-state index contributed by atoms with van der Waals surface area (Å²) in [5, 5.41) is 0. The monoisotopic (exact) mass is 332 g/mol. The molecule has 0 radical (unpaired) electrons. The number of hydrogen-bond donors (Lipinski definition) is 0. The van der Waals surface area contributed by atoms with Gasteiger partial charge >= 0.3 is 0 Å². The quantitative estimate of drug-likeness (QED) is 0.696. The molecule has 5 heteroatoms. The van der Waals surface area contributed by atoms with Crippen LogP contribution >= 0.6 is 27.5 Å². The van der Waals surface area contributed by atoms with Crippen LogP contribution < -0.4 is 4.74 Å². The van der Waals surface area contributed by atoms with Gasteiger partial charge in [-0.15, -0.1) is 11.6 Å². The van der Waals surface area contributed by atoms with Crippen LogP contribution in [0.4, 0.5) is 8.78 Å². The van der Waals surface area contributed by atoms with Crippen molar-refractivity contribution in [2.75, 3.05) is 0 Å². The van der Waals surface area contributed by atoms with Crippen LogP contribution in [0.3, 0.4) is 0 Å². The molecule has 0 aliphatic carbocycles. The first-order valence-corrected chi connectivity index (χ1v) is 6.39. The van der Waals surface area contributed by atoms with Gasteiger partial charge in [-0.1, -0.05) is 0 Å². The molecule has 2 aromatic rings. The second kappa shape index (κ2) is 5.67. The average Bonchev–Trinajstić information content (AvgIpc) is 2.33. The largest absolute Gasteiger partial charge is 0.456 e. The van der Waals surface area contributed by atoms with Gasteiger partial charge in [0.25, 0.3) is 0 Å². The summed E-state index contributed by atoms with van der Waals surface area (Å²) in [6, 6.07) is 8.18. The second-order valence-corrected chi connectivity index (χ2v) is 4.73. The van der Waals surface area contributed by atoms with Gasteiger partial charge in [-0.25, -0.2) is 8.78 Å². The second-order valence-electron chi connectivity index (χ2n) is 3.61. The molecule has 18 heavy (non-hydrogen) atoms. The predicted octanol–water partition coefficient (Wildman–Crippen LogP) is 5.26. The molecule has 0 atom stereocenters. The molecule has 0 unspecified atom stereocenters. The van der Waals surface area contributed by atoms with Gasteiger partial charge < -0.3 is 4.74 Å². The minimum absolute atomic E-state index is 0.179. The van der Waals surface area contributed by atoms with E-state index in [-0.39, 0.29) is 17.4 Å². The highest BCUT2D eigenvalue weighted by Gasteiger charge is 2.07. The Morgan fingerprint density at radius 1 is 1.06 bits per heavy atom. The van der Waals surface area contributed by atoms with Gasteiger partial charge in [0.2, 0.25) is 0 Å². The van der Waals surface area contributed by atoms with Crippen molar-refractivity contribution in [3.63, 3.8) is 0 Å². The number of hydrogen-bond acceptors (Lipinski definition) is 1. The van der Waals surface area contributed by atoms with Crippen LogP contribution in [-0.2, 0) is 5.88 Å². The molecule has 0 saturated carbocycles. The molecule has 0 amide bonds. The molecule has 94 valence electrons. The Kier molecular flexibility index (Phi) is 4.19. The Morgan fingerprint density at radius 3 is 2.56 bits per heavy atom. The summed E-state index contributed by atoms with van der Waals surface area (Å²) >= 11 is 8.87. The van der Waals surface area contributed by atoms with Crippen molar-refractivity contribution in [2.24, 2.45) is 0 Å². The van der Waals surface area contributed by atoms with Crippen molar-refractivity contribution in [3.05, 3.63) is 58.1 Å². The number of rotatable bonds is 3. The summed E-state index contributed by atoms with van der Waals surface area (Å²) in [7, 11) is 0. The van der Waals surface area contributed by atoms with Crippen LogP contribution in [0.1, 0.15) is 5.56 Å². The SMILES string of the molecule is Fc1cc(CCl)cc(Oc2cc(F)ccc2Br)c1. The normalized spacial score (nSPS) is 10.4. The van der Waals surface area contributed by atoms with Gasteiger partial charge in [0.15, 0.2) is 0 Å². The van der Waals surface area contributed by atoms with E-state index in [1.54, 1.807) is 6.07 Å². The fourth-order valence-corrected chi connectivity index (χ4v) is 1.92. The van der Waals surface area contributed by atoms with E-state index >= 15 is 0 Å².